The van der Waals surface area contributed by atoms with E-state index in [1.807, 2.05) is 24.6 Å². The van der Waals surface area contributed by atoms with E-state index in [0.717, 1.165) is 30.9 Å². The van der Waals surface area contributed by atoms with Gasteiger partial charge in [-0.15, -0.1) is 0 Å². The maximum atomic E-state index is 11.5. The number of hydrogen-bond acceptors (Lipinski definition) is 4. The van der Waals surface area contributed by atoms with E-state index in [0.29, 0.717) is 6.42 Å². The van der Waals surface area contributed by atoms with Crippen LogP contribution in [0.25, 0.3) is 0 Å². The van der Waals surface area contributed by atoms with Gasteiger partial charge in [0.25, 0.3) is 0 Å². The van der Waals surface area contributed by atoms with Crippen LogP contribution in [0.2, 0.25) is 0 Å². The minimum absolute atomic E-state index is 0.0450. The molecule has 0 spiro atoms. The van der Waals surface area contributed by atoms with E-state index in [1.165, 1.54) is 6.26 Å². The van der Waals surface area contributed by atoms with E-state index in [1.54, 1.807) is 0 Å². The van der Waals surface area contributed by atoms with Crippen LogP contribution >= 0.6 is 0 Å². The van der Waals surface area contributed by atoms with Crippen LogP contribution in [0.3, 0.4) is 0 Å². The van der Waals surface area contributed by atoms with Crippen molar-refractivity contribution < 1.29 is 8.42 Å². The van der Waals surface area contributed by atoms with Gasteiger partial charge in [-0.1, -0.05) is 6.92 Å². The van der Waals surface area contributed by atoms with Crippen LogP contribution in [-0.2, 0) is 22.8 Å². The molecule has 0 aliphatic carbocycles. The molecule has 1 aromatic heterocycles. The predicted molar refractivity (Wildman–Crippen MR) is 78.1 cm³/mol. The molecule has 1 rings (SSSR count). The minimum atomic E-state index is -2.98. The Hall–Kier alpha value is -0.880. The van der Waals surface area contributed by atoms with Crippen LogP contribution in [0.15, 0.2) is 6.07 Å². The smallest absolute Gasteiger partial charge is 0.148 e. The van der Waals surface area contributed by atoms with Gasteiger partial charge in [0.2, 0.25) is 0 Å². The molecule has 1 unspecified atom stereocenters. The Balaban J connectivity index is 2.80. The lowest BCUT2D eigenvalue weighted by molar-refractivity contribution is 0.508. The maximum absolute atomic E-state index is 11.5. The second-order valence-electron chi connectivity index (χ2n) is 5.04. The van der Waals surface area contributed by atoms with Crippen LogP contribution < -0.4 is 5.32 Å². The van der Waals surface area contributed by atoms with Gasteiger partial charge in [-0.25, -0.2) is 8.42 Å². The third-order valence-electron chi connectivity index (χ3n) is 2.93. The van der Waals surface area contributed by atoms with E-state index in [4.69, 9.17) is 0 Å². The topological polar surface area (TPSA) is 64.0 Å². The summed E-state index contributed by atoms with van der Waals surface area (Å²) in [6.07, 6.45) is 2.98. The van der Waals surface area contributed by atoms with E-state index < -0.39 is 9.84 Å². The largest absolute Gasteiger partial charge is 0.313 e. The average molecular weight is 287 g/mol. The van der Waals surface area contributed by atoms with Gasteiger partial charge in [0, 0.05) is 31.0 Å². The summed E-state index contributed by atoms with van der Waals surface area (Å²) in [6, 6.07) is 1.99. The molecule has 0 aliphatic heterocycles. The highest BCUT2D eigenvalue weighted by Crippen LogP contribution is 2.08. The van der Waals surface area contributed by atoms with Crippen molar-refractivity contribution in [2.75, 3.05) is 18.6 Å². The summed E-state index contributed by atoms with van der Waals surface area (Å²) in [5.41, 5.74) is 2.07. The lowest BCUT2D eigenvalue weighted by Gasteiger charge is -2.18. The Labute approximate surface area is 116 Å². The molecule has 0 saturated carbocycles. The van der Waals surface area contributed by atoms with E-state index in [9.17, 15) is 8.42 Å². The van der Waals surface area contributed by atoms with Crippen molar-refractivity contribution in [3.8, 4) is 0 Å². The molecule has 0 aromatic carbocycles. The summed E-state index contributed by atoms with van der Waals surface area (Å²) in [6.45, 7) is 7.72. The molecule has 0 radical (unpaired) electrons. The minimum Gasteiger partial charge on any atom is -0.313 e. The molecule has 6 heteroatoms. The molecular weight excluding hydrogens is 262 g/mol. The zero-order valence-electron chi connectivity index (χ0n) is 12.3. The number of aromatic nitrogens is 2. The first-order valence-corrected chi connectivity index (χ1v) is 8.86. The van der Waals surface area contributed by atoms with Crippen LogP contribution in [0.1, 0.15) is 31.7 Å². The predicted octanol–water partition coefficient (Wildman–Crippen LogP) is 1.17. The van der Waals surface area contributed by atoms with Gasteiger partial charge in [-0.05, 0) is 32.9 Å². The quantitative estimate of drug-likeness (QED) is 0.779. The van der Waals surface area contributed by atoms with Gasteiger partial charge in [0.15, 0.2) is 0 Å². The van der Waals surface area contributed by atoms with Crippen LogP contribution in [0.4, 0.5) is 0 Å². The lowest BCUT2D eigenvalue weighted by atomic mass is 10.1. The van der Waals surface area contributed by atoms with Crippen molar-refractivity contribution >= 4 is 9.84 Å². The number of aryl methyl sites for hydroxylation is 2. The Bertz CT molecular complexity index is 494. The third-order valence-corrected chi connectivity index (χ3v) is 3.94. The number of nitrogens with zero attached hydrogens (tertiary/aromatic N) is 2. The second kappa shape index (κ2) is 7.05. The summed E-state index contributed by atoms with van der Waals surface area (Å²) in [5, 5.41) is 7.71. The van der Waals surface area contributed by atoms with Crippen molar-refractivity contribution in [3.63, 3.8) is 0 Å². The lowest BCUT2D eigenvalue weighted by Crippen LogP contribution is -2.38. The van der Waals surface area contributed by atoms with Gasteiger partial charge in [0.1, 0.15) is 9.84 Å². The molecule has 1 atom stereocenters. The fourth-order valence-electron chi connectivity index (χ4n) is 2.19. The molecule has 19 heavy (non-hydrogen) atoms. The molecule has 1 heterocycles. The Kier molecular flexibility index (Phi) is 6.00. The van der Waals surface area contributed by atoms with Crippen molar-refractivity contribution in [1.29, 1.82) is 0 Å². The van der Waals surface area contributed by atoms with Gasteiger partial charge >= 0.3 is 0 Å². The molecule has 0 amide bonds. The van der Waals surface area contributed by atoms with Crippen molar-refractivity contribution in [1.82, 2.24) is 15.1 Å². The highest BCUT2D eigenvalue weighted by atomic mass is 32.2. The first kappa shape index (κ1) is 16.2. The third kappa shape index (κ3) is 5.74. The fourth-order valence-corrected chi connectivity index (χ4v) is 3.16. The molecular formula is C13H25N3O2S. The summed E-state index contributed by atoms with van der Waals surface area (Å²) in [5.74, 6) is 0.168. The number of sulfone groups is 1. The van der Waals surface area contributed by atoms with Crippen LogP contribution in [0.5, 0.6) is 0 Å². The van der Waals surface area contributed by atoms with Gasteiger partial charge in [-0.3, -0.25) is 4.68 Å². The standard InChI is InChI=1S/C13H25N3O2S/c1-5-7-14-12(10-19(4,17)18)9-13-8-11(3)15-16(13)6-2/h8,12,14H,5-7,9-10H2,1-4H3. The first-order valence-electron chi connectivity index (χ1n) is 6.80. The first-order chi connectivity index (χ1) is 8.85. The highest BCUT2D eigenvalue weighted by Gasteiger charge is 2.17. The normalized spacial score (nSPS) is 13.7. The average Bonchev–Trinajstić information content (AvgIpc) is 2.64. The zero-order chi connectivity index (χ0) is 14.5. The summed E-state index contributed by atoms with van der Waals surface area (Å²) in [4.78, 5) is 0. The second-order valence-corrected chi connectivity index (χ2v) is 7.23. The van der Waals surface area contributed by atoms with Gasteiger partial charge < -0.3 is 5.32 Å². The van der Waals surface area contributed by atoms with Crippen molar-refractivity contribution in [2.24, 2.45) is 0 Å². The number of nitrogens with one attached hydrogen (secondary N) is 1. The highest BCUT2D eigenvalue weighted by molar-refractivity contribution is 7.90. The number of rotatable bonds is 8. The number of hydrogen-bond donors (Lipinski definition) is 1. The van der Waals surface area contributed by atoms with Crippen molar-refractivity contribution in [2.45, 2.75) is 46.2 Å². The summed E-state index contributed by atoms with van der Waals surface area (Å²) < 4.78 is 24.9. The molecule has 1 aromatic rings. The van der Waals surface area contributed by atoms with E-state index >= 15 is 0 Å². The van der Waals surface area contributed by atoms with Crippen molar-refractivity contribution in [3.05, 3.63) is 17.5 Å². The summed E-state index contributed by atoms with van der Waals surface area (Å²) in [7, 11) is -2.98. The molecule has 0 fully saturated rings. The summed E-state index contributed by atoms with van der Waals surface area (Å²) >= 11 is 0. The van der Waals surface area contributed by atoms with E-state index in [2.05, 4.69) is 17.3 Å². The molecule has 0 bridgehead atoms. The molecule has 0 aliphatic rings. The zero-order valence-corrected chi connectivity index (χ0v) is 13.1. The molecule has 0 saturated heterocycles. The Morgan fingerprint density at radius 1 is 1.42 bits per heavy atom. The maximum Gasteiger partial charge on any atom is 0.148 e. The van der Waals surface area contributed by atoms with E-state index in [-0.39, 0.29) is 11.8 Å². The monoisotopic (exact) mass is 287 g/mol. The Morgan fingerprint density at radius 2 is 2.11 bits per heavy atom. The molecule has 5 nitrogen and oxygen atoms in total. The van der Waals surface area contributed by atoms with Gasteiger partial charge in [-0.2, -0.15) is 5.10 Å². The van der Waals surface area contributed by atoms with Crippen LogP contribution in [0, 0.1) is 6.92 Å². The van der Waals surface area contributed by atoms with Crippen LogP contribution in [-0.4, -0.2) is 42.8 Å². The molecule has 1 N–H and O–H groups in total. The Morgan fingerprint density at radius 3 is 2.63 bits per heavy atom. The molecule has 110 valence electrons. The van der Waals surface area contributed by atoms with Gasteiger partial charge in [0.05, 0.1) is 11.4 Å². The fraction of sp³-hybridized carbons (Fsp3) is 0.769. The SMILES string of the molecule is CCCNC(Cc1cc(C)nn1CC)CS(C)(=O)=O.